The first kappa shape index (κ1) is 19.5. The molecule has 0 bridgehead atoms. The molecule has 3 atom stereocenters. The van der Waals surface area contributed by atoms with E-state index < -0.39 is 48.2 Å². The van der Waals surface area contributed by atoms with Crippen LogP contribution in [0.5, 0.6) is 0 Å². The molecule has 0 fully saturated rings. The Hall–Kier alpha value is -2.53. The Morgan fingerprint density at radius 2 is 1.45 bits per heavy atom. The summed E-state index contributed by atoms with van der Waals surface area (Å²) >= 11 is 0. The second kappa shape index (κ2) is 8.69. The number of hydrogen-bond donors (Lipinski definition) is 2. The van der Waals surface area contributed by atoms with Crippen LogP contribution in [0.25, 0.3) is 0 Å². The van der Waals surface area contributed by atoms with Crippen molar-refractivity contribution in [3.63, 3.8) is 0 Å². The molecule has 22 heavy (non-hydrogen) atoms. The molecule has 0 rings (SSSR count). The van der Waals surface area contributed by atoms with Gasteiger partial charge in [-0.15, -0.1) is 0 Å². The third kappa shape index (κ3) is 6.76. The minimum atomic E-state index is -1.90. The molecule has 11 nitrogen and oxygen atoms in total. The monoisotopic (exact) mass is 322 g/mol. The molecule has 0 aliphatic rings. The summed E-state index contributed by atoms with van der Waals surface area (Å²) in [5.74, 6) is -5.40. The van der Waals surface area contributed by atoms with Crippen molar-refractivity contribution in [2.45, 2.75) is 39.1 Å². The quantitative estimate of drug-likeness (QED) is 0.197. The molecule has 3 unspecified atom stereocenters. The molecule has 2 N–H and O–H groups in total. The number of ketones is 1. The number of carbonyl (C=O) groups is 5. The van der Waals surface area contributed by atoms with Gasteiger partial charge in [-0.25, -0.2) is 24.2 Å². The summed E-state index contributed by atoms with van der Waals surface area (Å²) in [5, 5.41) is 18.2. The Morgan fingerprint density at radius 3 is 1.86 bits per heavy atom. The van der Waals surface area contributed by atoms with E-state index in [9.17, 15) is 29.1 Å². The molecule has 0 heterocycles. The zero-order chi connectivity index (χ0) is 17.4. The van der Waals surface area contributed by atoms with Gasteiger partial charge in [-0.1, -0.05) is 0 Å². The van der Waals surface area contributed by atoms with Crippen molar-refractivity contribution in [3.05, 3.63) is 0 Å². The lowest BCUT2D eigenvalue weighted by molar-refractivity contribution is -0.254. The molecule has 0 aromatic rings. The molecule has 0 aliphatic heterocycles. The highest BCUT2D eigenvalue weighted by atomic mass is 17.2. The summed E-state index contributed by atoms with van der Waals surface area (Å²) in [4.78, 5) is 62.3. The number of aliphatic hydroxyl groups excluding tert-OH is 2. The number of Topliss-reactive ketones (excluding diaryl/α,β-unsaturated/α-hetero) is 1. The average molecular weight is 322 g/mol. The van der Waals surface area contributed by atoms with Gasteiger partial charge < -0.3 is 19.7 Å². The molecule has 0 aromatic carbocycles. The molecule has 11 heteroatoms. The molecular weight excluding hydrogens is 308 g/mol. The van der Waals surface area contributed by atoms with Crippen molar-refractivity contribution in [3.8, 4) is 0 Å². The van der Waals surface area contributed by atoms with Crippen LogP contribution in [0, 0.1) is 0 Å². The molecule has 0 saturated carbocycles. The van der Waals surface area contributed by atoms with Crippen molar-refractivity contribution in [2.75, 3.05) is 0 Å². The first-order valence-electron chi connectivity index (χ1n) is 5.78. The van der Waals surface area contributed by atoms with Gasteiger partial charge in [-0.05, 0) is 13.8 Å². The second-order valence-corrected chi connectivity index (χ2v) is 3.96. The molecule has 0 spiro atoms. The van der Waals surface area contributed by atoms with Crippen molar-refractivity contribution < 1.29 is 53.4 Å². The molecule has 0 saturated heterocycles. The zero-order valence-electron chi connectivity index (χ0n) is 11.8. The van der Waals surface area contributed by atoms with Gasteiger partial charge in [0.15, 0.2) is 0 Å². The van der Waals surface area contributed by atoms with E-state index >= 15 is 0 Å². The van der Waals surface area contributed by atoms with Crippen LogP contribution in [0.3, 0.4) is 0 Å². The van der Waals surface area contributed by atoms with Crippen LogP contribution in [0.2, 0.25) is 0 Å². The highest BCUT2D eigenvalue weighted by Crippen LogP contribution is 2.05. The summed E-state index contributed by atoms with van der Waals surface area (Å²) in [6.45, 7) is 2.92. The van der Waals surface area contributed by atoms with E-state index in [2.05, 4.69) is 19.2 Å². The molecule has 0 aromatic heterocycles. The van der Waals surface area contributed by atoms with E-state index in [1.54, 1.807) is 0 Å². The fourth-order valence-electron chi connectivity index (χ4n) is 0.854. The van der Waals surface area contributed by atoms with Crippen LogP contribution in [0.4, 0.5) is 4.79 Å². The molecule has 0 amide bonds. The third-order valence-corrected chi connectivity index (χ3v) is 1.91. The first-order chi connectivity index (χ1) is 10.1. The molecule has 124 valence electrons. The third-order valence-electron chi connectivity index (χ3n) is 1.91. The summed E-state index contributed by atoms with van der Waals surface area (Å²) in [7, 11) is 0. The van der Waals surface area contributed by atoms with E-state index in [1.165, 1.54) is 0 Å². The van der Waals surface area contributed by atoms with Gasteiger partial charge in [0, 0.05) is 6.92 Å². The SMILES string of the molecule is CC(=O)C(=O)OC(=O)OOC(=O)C(OC(=O)C(C)O)C(C)O. The van der Waals surface area contributed by atoms with Crippen LogP contribution in [0.15, 0.2) is 0 Å². The summed E-state index contributed by atoms with van der Waals surface area (Å²) in [6, 6.07) is 0. The van der Waals surface area contributed by atoms with Gasteiger partial charge in [-0.3, -0.25) is 4.79 Å². The van der Waals surface area contributed by atoms with E-state index in [0.29, 0.717) is 0 Å². The number of rotatable bonds is 5. The lowest BCUT2D eigenvalue weighted by atomic mass is 10.2. The summed E-state index contributed by atoms with van der Waals surface area (Å²) in [6.07, 6.45) is -6.86. The van der Waals surface area contributed by atoms with Gasteiger partial charge in [-0.2, -0.15) is 4.79 Å². The summed E-state index contributed by atoms with van der Waals surface area (Å²) in [5.41, 5.74) is 0. The van der Waals surface area contributed by atoms with Crippen LogP contribution >= 0.6 is 0 Å². The number of ether oxygens (including phenoxy) is 2. The minimum absolute atomic E-state index is 0.820. The van der Waals surface area contributed by atoms with E-state index in [0.717, 1.165) is 20.8 Å². The second-order valence-electron chi connectivity index (χ2n) is 3.96. The van der Waals surface area contributed by atoms with Crippen molar-refractivity contribution in [1.82, 2.24) is 0 Å². The van der Waals surface area contributed by atoms with Gasteiger partial charge in [0.05, 0.1) is 6.10 Å². The minimum Gasteiger partial charge on any atom is -0.445 e. The Kier molecular flexibility index (Phi) is 7.69. The Labute approximate surface area is 123 Å². The van der Waals surface area contributed by atoms with Gasteiger partial charge in [0.1, 0.15) is 6.10 Å². The lowest BCUT2D eigenvalue weighted by Gasteiger charge is -2.18. The van der Waals surface area contributed by atoms with Crippen LogP contribution < -0.4 is 0 Å². The normalized spacial score (nSPS) is 14.0. The Bertz CT molecular complexity index is 465. The number of hydrogen-bond acceptors (Lipinski definition) is 11. The van der Waals surface area contributed by atoms with Gasteiger partial charge in [0.2, 0.25) is 11.9 Å². The van der Waals surface area contributed by atoms with Crippen molar-refractivity contribution in [2.24, 2.45) is 0 Å². The molecule has 0 aliphatic carbocycles. The maximum absolute atomic E-state index is 11.4. The highest BCUT2D eigenvalue weighted by molar-refractivity contribution is 6.33. The van der Waals surface area contributed by atoms with Crippen LogP contribution in [0.1, 0.15) is 20.8 Å². The zero-order valence-corrected chi connectivity index (χ0v) is 11.8. The van der Waals surface area contributed by atoms with Crippen LogP contribution in [-0.4, -0.2) is 58.4 Å². The maximum atomic E-state index is 11.4. The fraction of sp³-hybridized carbons (Fsp3) is 0.545. The smallest absolute Gasteiger partial charge is 0.445 e. The van der Waals surface area contributed by atoms with E-state index in [1.807, 2.05) is 0 Å². The molecular formula is C11H14O11. The Morgan fingerprint density at radius 1 is 0.909 bits per heavy atom. The van der Waals surface area contributed by atoms with E-state index in [-0.39, 0.29) is 0 Å². The topological polar surface area (TPSA) is 163 Å². The average Bonchev–Trinajstić information content (AvgIpc) is 2.40. The van der Waals surface area contributed by atoms with E-state index in [4.69, 9.17) is 5.11 Å². The van der Waals surface area contributed by atoms with Crippen molar-refractivity contribution in [1.29, 1.82) is 0 Å². The lowest BCUT2D eigenvalue weighted by Crippen LogP contribution is -2.40. The van der Waals surface area contributed by atoms with Gasteiger partial charge in [0.25, 0.3) is 0 Å². The van der Waals surface area contributed by atoms with Crippen LogP contribution in [-0.2, 0) is 38.4 Å². The fourth-order valence-corrected chi connectivity index (χ4v) is 0.854. The van der Waals surface area contributed by atoms with Crippen molar-refractivity contribution >= 4 is 29.8 Å². The molecule has 0 radical (unpaired) electrons. The Balaban J connectivity index is 4.53. The number of aliphatic hydroxyl groups is 2. The largest absolute Gasteiger partial charge is 0.558 e. The van der Waals surface area contributed by atoms with Gasteiger partial charge >= 0.3 is 24.1 Å². The summed E-state index contributed by atoms with van der Waals surface area (Å²) < 4.78 is 8.20. The standard InChI is InChI=1S/C11H14O11/c1-4(12)7(19-8(15)5(2)13)10(17)21-22-11(18)20-9(16)6(3)14/h4-5,7,12-13H,1-3H3. The predicted molar refractivity (Wildman–Crippen MR) is 62.6 cm³/mol. The number of esters is 2. The highest BCUT2D eigenvalue weighted by Gasteiger charge is 2.33. The first-order valence-corrected chi connectivity index (χ1v) is 5.78. The maximum Gasteiger partial charge on any atom is 0.558 e. The number of carbonyl (C=O) groups excluding carboxylic acids is 5. The predicted octanol–water partition coefficient (Wildman–Crippen LogP) is -1.61.